The maximum atomic E-state index is 12.4. The van der Waals surface area contributed by atoms with Crippen LogP contribution >= 0.6 is 11.6 Å². The molecule has 1 aromatic rings. The Kier molecular flexibility index (Phi) is 4.41. The van der Waals surface area contributed by atoms with Crippen molar-refractivity contribution < 1.29 is 4.79 Å². The van der Waals surface area contributed by atoms with Crippen LogP contribution in [-0.4, -0.2) is 48.4 Å². The van der Waals surface area contributed by atoms with Crippen LogP contribution in [0, 0.1) is 18.3 Å². The van der Waals surface area contributed by atoms with Gasteiger partial charge in [-0.05, 0) is 18.6 Å². The molecule has 1 saturated heterocycles. The largest absolute Gasteiger partial charge is 0.336 e. The SMILES string of the molecule is Cc1cccc(C(=O)N2CCN(CC#N)CC2)c1Cl. The molecular weight excluding hydrogens is 262 g/mol. The highest BCUT2D eigenvalue weighted by Gasteiger charge is 2.23. The molecule has 0 saturated carbocycles. The number of piperazine rings is 1. The number of hydrogen-bond donors (Lipinski definition) is 0. The molecule has 1 aliphatic rings. The highest BCUT2D eigenvalue weighted by molar-refractivity contribution is 6.34. The molecule has 4 nitrogen and oxygen atoms in total. The van der Waals surface area contributed by atoms with Crippen molar-refractivity contribution in [3.63, 3.8) is 0 Å². The second-order valence-corrected chi connectivity index (χ2v) is 5.04. The van der Waals surface area contributed by atoms with E-state index in [1.807, 2.05) is 24.0 Å². The van der Waals surface area contributed by atoms with Crippen LogP contribution in [0.15, 0.2) is 18.2 Å². The van der Waals surface area contributed by atoms with E-state index >= 15 is 0 Å². The van der Waals surface area contributed by atoms with Gasteiger partial charge in [0.05, 0.1) is 23.2 Å². The Labute approximate surface area is 118 Å². The molecule has 0 aliphatic carbocycles. The number of rotatable bonds is 2. The van der Waals surface area contributed by atoms with Gasteiger partial charge in [-0.2, -0.15) is 5.26 Å². The van der Waals surface area contributed by atoms with Crippen LogP contribution in [0.25, 0.3) is 0 Å². The van der Waals surface area contributed by atoms with Gasteiger partial charge in [-0.15, -0.1) is 0 Å². The number of nitriles is 1. The molecule has 19 heavy (non-hydrogen) atoms. The molecule has 5 heteroatoms. The first kappa shape index (κ1) is 13.9. The first-order valence-electron chi connectivity index (χ1n) is 6.27. The van der Waals surface area contributed by atoms with Gasteiger partial charge < -0.3 is 4.90 Å². The average molecular weight is 278 g/mol. The van der Waals surface area contributed by atoms with Crippen molar-refractivity contribution in [3.05, 3.63) is 34.3 Å². The third-order valence-corrected chi connectivity index (χ3v) is 3.88. The number of amides is 1. The van der Waals surface area contributed by atoms with Crippen molar-refractivity contribution >= 4 is 17.5 Å². The summed E-state index contributed by atoms with van der Waals surface area (Å²) in [4.78, 5) is 16.2. The fourth-order valence-electron chi connectivity index (χ4n) is 2.19. The molecule has 0 radical (unpaired) electrons. The quantitative estimate of drug-likeness (QED) is 0.776. The van der Waals surface area contributed by atoms with Crippen LogP contribution in [0.5, 0.6) is 0 Å². The smallest absolute Gasteiger partial charge is 0.255 e. The molecule has 0 atom stereocenters. The Balaban J connectivity index is 2.06. The van der Waals surface area contributed by atoms with Crippen LogP contribution in [-0.2, 0) is 0 Å². The summed E-state index contributed by atoms with van der Waals surface area (Å²) in [5.41, 5.74) is 1.48. The lowest BCUT2D eigenvalue weighted by Gasteiger charge is -2.33. The topological polar surface area (TPSA) is 47.3 Å². The second-order valence-electron chi connectivity index (χ2n) is 4.66. The molecule has 0 unspecified atom stereocenters. The number of aryl methyl sites for hydroxylation is 1. The van der Waals surface area contributed by atoms with Gasteiger partial charge in [0.15, 0.2) is 0 Å². The zero-order valence-electron chi connectivity index (χ0n) is 10.9. The van der Waals surface area contributed by atoms with E-state index in [1.54, 1.807) is 11.0 Å². The summed E-state index contributed by atoms with van der Waals surface area (Å²) in [6, 6.07) is 7.63. The minimum Gasteiger partial charge on any atom is -0.336 e. The van der Waals surface area contributed by atoms with Gasteiger partial charge in [0, 0.05) is 26.2 Å². The van der Waals surface area contributed by atoms with Crippen LogP contribution in [0.2, 0.25) is 5.02 Å². The second kappa shape index (κ2) is 6.05. The Morgan fingerprint density at radius 1 is 1.37 bits per heavy atom. The van der Waals surface area contributed by atoms with Crippen LogP contribution in [0.4, 0.5) is 0 Å². The average Bonchev–Trinajstić information content (AvgIpc) is 2.42. The third-order valence-electron chi connectivity index (χ3n) is 3.38. The minimum absolute atomic E-state index is 0.0229. The van der Waals surface area contributed by atoms with Gasteiger partial charge in [0.1, 0.15) is 0 Å². The highest BCUT2D eigenvalue weighted by Crippen LogP contribution is 2.22. The monoisotopic (exact) mass is 277 g/mol. The number of carbonyl (C=O) groups excluding carboxylic acids is 1. The van der Waals surface area contributed by atoms with Crippen molar-refractivity contribution in [2.24, 2.45) is 0 Å². The van der Waals surface area contributed by atoms with E-state index in [-0.39, 0.29) is 5.91 Å². The lowest BCUT2D eigenvalue weighted by molar-refractivity contribution is 0.0652. The maximum absolute atomic E-state index is 12.4. The summed E-state index contributed by atoms with van der Waals surface area (Å²) in [7, 11) is 0. The molecule has 2 rings (SSSR count). The van der Waals surface area contributed by atoms with E-state index < -0.39 is 0 Å². The molecule has 0 aromatic heterocycles. The Morgan fingerprint density at radius 2 is 2.05 bits per heavy atom. The van der Waals surface area contributed by atoms with E-state index in [0.717, 1.165) is 18.7 Å². The van der Waals surface area contributed by atoms with Crippen molar-refractivity contribution in [1.82, 2.24) is 9.80 Å². The lowest BCUT2D eigenvalue weighted by atomic mass is 10.1. The van der Waals surface area contributed by atoms with Crippen molar-refractivity contribution in [1.29, 1.82) is 5.26 Å². The predicted octanol–water partition coefficient (Wildman–Crippen LogP) is 1.93. The molecule has 1 aromatic carbocycles. The van der Waals surface area contributed by atoms with Gasteiger partial charge in [0.25, 0.3) is 5.91 Å². The maximum Gasteiger partial charge on any atom is 0.255 e. The fourth-order valence-corrected chi connectivity index (χ4v) is 2.40. The Morgan fingerprint density at radius 3 is 2.68 bits per heavy atom. The predicted molar refractivity (Wildman–Crippen MR) is 74.1 cm³/mol. The molecule has 0 N–H and O–H groups in total. The lowest BCUT2D eigenvalue weighted by Crippen LogP contribution is -2.48. The summed E-state index contributed by atoms with van der Waals surface area (Å²) in [5.74, 6) is -0.0229. The molecule has 1 amide bonds. The normalized spacial score (nSPS) is 16.2. The minimum atomic E-state index is -0.0229. The fraction of sp³-hybridized carbons (Fsp3) is 0.429. The third kappa shape index (κ3) is 3.06. The van der Waals surface area contributed by atoms with Crippen LogP contribution in [0.3, 0.4) is 0 Å². The number of hydrogen-bond acceptors (Lipinski definition) is 3. The van der Waals surface area contributed by atoms with Crippen molar-refractivity contribution in [2.45, 2.75) is 6.92 Å². The van der Waals surface area contributed by atoms with E-state index in [9.17, 15) is 4.79 Å². The number of carbonyl (C=O) groups is 1. The first-order valence-corrected chi connectivity index (χ1v) is 6.65. The molecule has 0 spiro atoms. The van der Waals surface area contributed by atoms with Crippen LogP contribution in [0.1, 0.15) is 15.9 Å². The zero-order chi connectivity index (χ0) is 13.8. The van der Waals surface area contributed by atoms with Gasteiger partial charge in [-0.1, -0.05) is 23.7 Å². The molecule has 1 heterocycles. The highest BCUT2D eigenvalue weighted by atomic mass is 35.5. The van der Waals surface area contributed by atoms with Crippen LogP contribution < -0.4 is 0 Å². The zero-order valence-corrected chi connectivity index (χ0v) is 11.7. The standard InChI is InChI=1S/C14H16ClN3O/c1-11-3-2-4-12(13(11)15)14(19)18-9-7-17(6-5-16)8-10-18/h2-4H,6-10H2,1H3. The Bertz CT molecular complexity index is 516. The summed E-state index contributed by atoms with van der Waals surface area (Å²) in [6.07, 6.45) is 0. The molecule has 0 bridgehead atoms. The van der Waals surface area contributed by atoms with Gasteiger partial charge in [0.2, 0.25) is 0 Å². The first-order chi connectivity index (χ1) is 9.13. The number of halogens is 1. The summed E-state index contributed by atoms with van der Waals surface area (Å²) in [6.45, 7) is 5.08. The van der Waals surface area contributed by atoms with E-state index in [2.05, 4.69) is 6.07 Å². The van der Waals surface area contributed by atoms with Crippen molar-refractivity contribution in [3.8, 4) is 6.07 Å². The number of benzene rings is 1. The summed E-state index contributed by atoms with van der Waals surface area (Å²) in [5, 5.41) is 9.18. The molecular formula is C14H16ClN3O. The molecule has 1 fully saturated rings. The van der Waals surface area contributed by atoms with E-state index in [0.29, 0.717) is 30.2 Å². The van der Waals surface area contributed by atoms with Crippen molar-refractivity contribution in [2.75, 3.05) is 32.7 Å². The van der Waals surface area contributed by atoms with Gasteiger partial charge in [-0.25, -0.2) is 0 Å². The molecule has 1 aliphatic heterocycles. The van der Waals surface area contributed by atoms with Gasteiger partial charge >= 0.3 is 0 Å². The Hall–Kier alpha value is -1.57. The molecule has 100 valence electrons. The van der Waals surface area contributed by atoms with E-state index in [1.165, 1.54) is 0 Å². The van der Waals surface area contributed by atoms with Gasteiger partial charge in [-0.3, -0.25) is 9.69 Å². The summed E-state index contributed by atoms with van der Waals surface area (Å²) >= 11 is 6.18. The number of nitrogens with zero attached hydrogens (tertiary/aromatic N) is 3. The van der Waals surface area contributed by atoms with E-state index in [4.69, 9.17) is 16.9 Å². The summed E-state index contributed by atoms with van der Waals surface area (Å²) < 4.78 is 0.